The number of aromatic nitrogens is 2. The molecule has 0 spiro atoms. The van der Waals surface area contributed by atoms with Gasteiger partial charge < -0.3 is 0 Å². The van der Waals surface area contributed by atoms with Gasteiger partial charge in [0.2, 0.25) is 0 Å². The minimum Gasteiger partial charge on any atom is -0.226 e. The molecule has 2 aromatic carbocycles. The number of fused-ring (bicyclic) bond motifs is 1. The molecular weight excluding hydrogens is 327 g/mol. The molecule has 0 bridgehead atoms. The molecule has 0 unspecified atom stereocenters. The quantitative estimate of drug-likeness (QED) is 0.519. The second kappa shape index (κ2) is 5.45. The van der Waals surface area contributed by atoms with Gasteiger partial charge in [-0.25, -0.2) is 9.97 Å². The Balaban J connectivity index is 2.33. The standard InChI is InChI=1S/C16H11Cl3N2/c1-8-3-6-12(18)14-13(8)15(19)21-16(20-14)11-5-4-10(17)7-9(11)2/h3-7H,1-2H3. The van der Waals surface area contributed by atoms with Gasteiger partial charge in [-0.2, -0.15) is 0 Å². The lowest BCUT2D eigenvalue weighted by atomic mass is 10.1. The highest BCUT2D eigenvalue weighted by Crippen LogP contribution is 2.32. The smallest absolute Gasteiger partial charge is 0.161 e. The summed E-state index contributed by atoms with van der Waals surface area (Å²) in [5, 5.41) is 2.44. The maximum atomic E-state index is 6.34. The fourth-order valence-electron chi connectivity index (χ4n) is 2.31. The second-order valence-corrected chi connectivity index (χ2v) is 6.09. The summed E-state index contributed by atoms with van der Waals surface area (Å²) in [4.78, 5) is 9.00. The molecule has 3 rings (SSSR count). The van der Waals surface area contributed by atoms with Crippen LogP contribution in [0.5, 0.6) is 0 Å². The third kappa shape index (κ3) is 2.59. The van der Waals surface area contributed by atoms with E-state index >= 15 is 0 Å². The van der Waals surface area contributed by atoms with Crippen molar-refractivity contribution in [2.75, 3.05) is 0 Å². The molecule has 0 N–H and O–H groups in total. The van der Waals surface area contributed by atoms with Crippen LogP contribution in [0.15, 0.2) is 30.3 Å². The molecule has 0 aliphatic carbocycles. The van der Waals surface area contributed by atoms with Gasteiger partial charge in [-0.1, -0.05) is 40.9 Å². The van der Waals surface area contributed by atoms with E-state index in [4.69, 9.17) is 34.8 Å². The second-order valence-electron chi connectivity index (χ2n) is 4.89. The van der Waals surface area contributed by atoms with E-state index in [0.717, 1.165) is 22.1 Å². The summed E-state index contributed by atoms with van der Waals surface area (Å²) in [5.74, 6) is 0.550. The zero-order chi connectivity index (χ0) is 15.1. The van der Waals surface area contributed by atoms with E-state index in [1.54, 1.807) is 0 Å². The third-order valence-corrected chi connectivity index (χ3v) is 4.21. The number of nitrogens with zero attached hydrogens (tertiary/aromatic N) is 2. The van der Waals surface area contributed by atoms with Gasteiger partial charge in [0, 0.05) is 16.0 Å². The first-order chi connectivity index (χ1) is 9.97. The molecule has 2 nitrogen and oxygen atoms in total. The van der Waals surface area contributed by atoms with Crippen LogP contribution in [0, 0.1) is 13.8 Å². The van der Waals surface area contributed by atoms with Crippen LogP contribution in [0.2, 0.25) is 15.2 Å². The van der Waals surface area contributed by atoms with Crippen molar-refractivity contribution in [2.24, 2.45) is 0 Å². The van der Waals surface area contributed by atoms with Gasteiger partial charge in [0.05, 0.1) is 10.5 Å². The monoisotopic (exact) mass is 336 g/mol. The summed E-state index contributed by atoms with van der Waals surface area (Å²) < 4.78 is 0. The molecule has 0 aliphatic rings. The van der Waals surface area contributed by atoms with Crippen LogP contribution in [0.25, 0.3) is 22.3 Å². The Morgan fingerprint density at radius 3 is 2.33 bits per heavy atom. The average Bonchev–Trinajstić information content (AvgIpc) is 2.42. The van der Waals surface area contributed by atoms with E-state index < -0.39 is 0 Å². The minimum absolute atomic E-state index is 0.407. The van der Waals surface area contributed by atoms with E-state index in [0.29, 0.717) is 26.5 Å². The van der Waals surface area contributed by atoms with Crippen LogP contribution in [-0.4, -0.2) is 9.97 Å². The van der Waals surface area contributed by atoms with E-state index in [1.807, 2.05) is 44.2 Å². The Labute approximate surface area is 137 Å². The van der Waals surface area contributed by atoms with E-state index in [2.05, 4.69) is 9.97 Å². The van der Waals surface area contributed by atoms with E-state index in [-0.39, 0.29) is 0 Å². The van der Waals surface area contributed by atoms with Crippen LogP contribution in [0.3, 0.4) is 0 Å². The van der Waals surface area contributed by atoms with Crippen molar-refractivity contribution in [1.82, 2.24) is 9.97 Å². The summed E-state index contributed by atoms with van der Waals surface area (Å²) in [5.41, 5.74) is 3.54. The number of halogens is 3. The highest BCUT2D eigenvalue weighted by atomic mass is 35.5. The lowest BCUT2D eigenvalue weighted by Gasteiger charge is -2.10. The largest absolute Gasteiger partial charge is 0.226 e. The highest BCUT2D eigenvalue weighted by Gasteiger charge is 2.13. The normalized spacial score (nSPS) is 11.1. The number of hydrogen-bond donors (Lipinski definition) is 0. The molecule has 0 saturated heterocycles. The van der Waals surface area contributed by atoms with Crippen molar-refractivity contribution in [3.8, 4) is 11.4 Å². The van der Waals surface area contributed by atoms with E-state index in [9.17, 15) is 0 Å². The zero-order valence-corrected chi connectivity index (χ0v) is 13.7. The van der Waals surface area contributed by atoms with Crippen molar-refractivity contribution >= 4 is 45.7 Å². The third-order valence-electron chi connectivity index (χ3n) is 3.39. The zero-order valence-electron chi connectivity index (χ0n) is 11.4. The number of aryl methyl sites for hydroxylation is 2. The molecule has 3 aromatic rings. The molecule has 1 aromatic heterocycles. The van der Waals surface area contributed by atoms with Crippen molar-refractivity contribution in [3.63, 3.8) is 0 Å². The molecule has 106 valence electrons. The van der Waals surface area contributed by atoms with Gasteiger partial charge in [0.1, 0.15) is 5.15 Å². The summed E-state index contributed by atoms with van der Waals surface area (Å²) >= 11 is 18.6. The number of rotatable bonds is 1. The predicted octanol–water partition coefficient (Wildman–Crippen LogP) is 5.87. The Morgan fingerprint density at radius 1 is 0.857 bits per heavy atom. The van der Waals surface area contributed by atoms with Crippen LogP contribution in [0.1, 0.15) is 11.1 Å². The van der Waals surface area contributed by atoms with Crippen molar-refractivity contribution in [1.29, 1.82) is 0 Å². The van der Waals surface area contributed by atoms with Crippen molar-refractivity contribution in [3.05, 3.63) is 56.7 Å². The summed E-state index contributed by atoms with van der Waals surface area (Å²) in [7, 11) is 0. The van der Waals surface area contributed by atoms with Crippen LogP contribution in [-0.2, 0) is 0 Å². The summed E-state index contributed by atoms with van der Waals surface area (Å²) in [6.07, 6.45) is 0. The fourth-order valence-corrected chi connectivity index (χ4v) is 3.06. The van der Waals surface area contributed by atoms with E-state index in [1.165, 1.54) is 0 Å². The van der Waals surface area contributed by atoms with Crippen LogP contribution in [0.4, 0.5) is 0 Å². The Morgan fingerprint density at radius 2 is 1.62 bits per heavy atom. The molecule has 0 aliphatic heterocycles. The van der Waals surface area contributed by atoms with Gasteiger partial charge in [0.15, 0.2) is 5.82 Å². The molecule has 0 fully saturated rings. The molecule has 21 heavy (non-hydrogen) atoms. The Kier molecular flexibility index (Phi) is 3.78. The molecule has 1 heterocycles. The maximum absolute atomic E-state index is 6.34. The van der Waals surface area contributed by atoms with Crippen LogP contribution < -0.4 is 0 Å². The molecule has 0 amide bonds. The molecule has 0 atom stereocenters. The van der Waals surface area contributed by atoms with Crippen LogP contribution >= 0.6 is 34.8 Å². The predicted molar refractivity (Wildman–Crippen MR) is 89.5 cm³/mol. The summed E-state index contributed by atoms with van der Waals surface area (Å²) in [6.45, 7) is 3.92. The number of hydrogen-bond acceptors (Lipinski definition) is 2. The minimum atomic E-state index is 0.407. The average molecular weight is 338 g/mol. The first-order valence-electron chi connectivity index (χ1n) is 6.36. The molecular formula is C16H11Cl3N2. The first-order valence-corrected chi connectivity index (χ1v) is 7.49. The highest BCUT2D eigenvalue weighted by molar-refractivity contribution is 6.38. The molecule has 0 radical (unpaired) electrons. The first kappa shape index (κ1) is 14.6. The lowest BCUT2D eigenvalue weighted by Crippen LogP contribution is -1.95. The fraction of sp³-hybridized carbons (Fsp3) is 0.125. The number of benzene rings is 2. The van der Waals surface area contributed by atoms with Gasteiger partial charge in [-0.15, -0.1) is 0 Å². The van der Waals surface area contributed by atoms with Gasteiger partial charge in [-0.05, 0) is 49.2 Å². The maximum Gasteiger partial charge on any atom is 0.161 e. The van der Waals surface area contributed by atoms with Gasteiger partial charge in [0.25, 0.3) is 0 Å². The van der Waals surface area contributed by atoms with Crippen molar-refractivity contribution in [2.45, 2.75) is 13.8 Å². The summed E-state index contributed by atoms with van der Waals surface area (Å²) in [6, 6.07) is 9.30. The molecule has 5 heteroatoms. The molecule has 0 saturated carbocycles. The Hall–Kier alpha value is -1.35. The SMILES string of the molecule is Cc1cc(Cl)ccc1-c1nc(Cl)c2c(C)ccc(Cl)c2n1. The Bertz CT molecular complexity index is 860. The van der Waals surface area contributed by atoms with Crippen molar-refractivity contribution < 1.29 is 0 Å². The van der Waals surface area contributed by atoms with Gasteiger partial charge in [-0.3, -0.25) is 0 Å². The van der Waals surface area contributed by atoms with Gasteiger partial charge >= 0.3 is 0 Å². The lowest BCUT2D eigenvalue weighted by molar-refractivity contribution is 1.21. The topological polar surface area (TPSA) is 25.8 Å².